The van der Waals surface area contributed by atoms with Gasteiger partial charge in [0.05, 0.1) is 0 Å². The van der Waals surface area contributed by atoms with Crippen LogP contribution in [0.2, 0.25) is 0 Å². The van der Waals surface area contributed by atoms with E-state index >= 15 is 0 Å². The van der Waals surface area contributed by atoms with Gasteiger partial charge < -0.3 is 15.0 Å². The maximum Gasteiger partial charge on any atom is 0.293 e. The lowest BCUT2D eigenvalue weighted by molar-refractivity contribution is -0.138. The predicted molar refractivity (Wildman–Crippen MR) is 82.1 cm³/mol. The van der Waals surface area contributed by atoms with E-state index in [0.717, 1.165) is 31.7 Å². The molecule has 2 rings (SSSR count). The normalized spacial score (nSPS) is 14.7. The van der Waals surface area contributed by atoms with Crippen LogP contribution in [0.3, 0.4) is 0 Å². The van der Waals surface area contributed by atoms with Gasteiger partial charge in [0.15, 0.2) is 0 Å². The molecule has 1 N–H and O–H groups in total. The monoisotopic (exact) mass is 292 g/mol. The molecule has 0 bridgehead atoms. The quantitative estimate of drug-likeness (QED) is 0.843. The van der Waals surface area contributed by atoms with Crippen LogP contribution in [0.5, 0.6) is 0 Å². The van der Waals surface area contributed by atoms with E-state index in [4.69, 9.17) is 0 Å². The third-order valence-electron chi connectivity index (χ3n) is 2.83. The van der Waals surface area contributed by atoms with Crippen molar-refractivity contribution < 1.29 is 14.3 Å². The maximum atomic E-state index is 11.9. The zero-order valence-corrected chi connectivity index (χ0v) is 13.0. The van der Waals surface area contributed by atoms with Gasteiger partial charge in [-0.3, -0.25) is 9.59 Å². The van der Waals surface area contributed by atoms with Crippen molar-refractivity contribution >= 4 is 12.4 Å². The molecule has 116 valence electrons. The van der Waals surface area contributed by atoms with Gasteiger partial charge in [-0.15, -0.1) is 0 Å². The number of hydrogen-bond donors (Lipinski definition) is 1. The molecule has 1 aromatic rings. The van der Waals surface area contributed by atoms with Gasteiger partial charge in [0.2, 0.25) is 0 Å². The summed E-state index contributed by atoms with van der Waals surface area (Å²) in [6.45, 7) is 9.35. The summed E-state index contributed by atoms with van der Waals surface area (Å²) in [5.74, 6) is 0.145. The summed E-state index contributed by atoms with van der Waals surface area (Å²) < 4.78 is 4.55. The van der Waals surface area contributed by atoms with Crippen molar-refractivity contribution in [2.45, 2.75) is 26.4 Å². The van der Waals surface area contributed by atoms with Crippen LogP contribution in [0.25, 0.3) is 0 Å². The third-order valence-corrected chi connectivity index (χ3v) is 2.83. The topological polar surface area (TPSA) is 58.6 Å². The van der Waals surface area contributed by atoms with Crippen LogP contribution in [-0.4, -0.2) is 49.1 Å². The van der Waals surface area contributed by atoms with Crippen molar-refractivity contribution in [2.75, 3.05) is 26.2 Å². The molecular formula is C16H24N2O3. The van der Waals surface area contributed by atoms with Crippen LogP contribution in [-0.2, 0) is 9.53 Å². The second-order valence-electron chi connectivity index (χ2n) is 5.73. The Kier molecular flexibility index (Phi) is 6.88. The van der Waals surface area contributed by atoms with E-state index in [0.29, 0.717) is 6.47 Å². The third kappa shape index (κ3) is 6.90. The molecule has 0 aliphatic carbocycles. The summed E-state index contributed by atoms with van der Waals surface area (Å²) in [4.78, 5) is 23.4. The number of ether oxygens (including phenoxy) is 1. The van der Waals surface area contributed by atoms with Crippen molar-refractivity contribution in [1.82, 2.24) is 10.2 Å². The molecule has 21 heavy (non-hydrogen) atoms. The number of benzene rings is 1. The van der Waals surface area contributed by atoms with Gasteiger partial charge in [-0.25, -0.2) is 0 Å². The number of carbonyl (C=O) groups is 2. The molecule has 5 nitrogen and oxygen atoms in total. The lowest BCUT2D eigenvalue weighted by atomic mass is 10.2. The molecule has 1 aliphatic heterocycles. The second kappa shape index (κ2) is 8.42. The molecule has 1 heterocycles. The Hall–Kier alpha value is -1.88. The highest BCUT2D eigenvalue weighted by atomic mass is 16.5. The SMILES string of the molecule is CC(C)(C)OC=O.O=C(c1ccccc1)N1CCNCC1. The van der Waals surface area contributed by atoms with Crippen molar-refractivity contribution in [3.8, 4) is 0 Å². The first-order valence-electron chi connectivity index (χ1n) is 7.10. The number of piperazine rings is 1. The molecule has 0 aromatic heterocycles. The molecule has 1 amide bonds. The summed E-state index contributed by atoms with van der Waals surface area (Å²) in [5, 5.41) is 3.23. The highest BCUT2D eigenvalue weighted by Gasteiger charge is 2.16. The number of hydrogen-bond acceptors (Lipinski definition) is 4. The summed E-state index contributed by atoms with van der Waals surface area (Å²) in [6, 6.07) is 9.45. The zero-order valence-electron chi connectivity index (χ0n) is 13.0. The molecule has 0 radical (unpaired) electrons. The Bertz CT molecular complexity index is 435. The summed E-state index contributed by atoms with van der Waals surface area (Å²) >= 11 is 0. The largest absolute Gasteiger partial charge is 0.462 e. The van der Waals surface area contributed by atoms with Gasteiger partial charge in [0.25, 0.3) is 12.4 Å². The maximum absolute atomic E-state index is 11.9. The minimum absolute atomic E-state index is 0.145. The highest BCUT2D eigenvalue weighted by Crippen LogP contribution is 2.05. The van der Waals surface area contributed by atoms with Crippen LogP contribution in [0, 0.1) is 0 Å². The Labute approximate surface area is 126 Å². The Balaban J connectivity index is 0.000000270. The fourth-order valence-corrected chi connectivity index (χ4v) is 1.78. The van der Waals surface area contributed by atoms with Crippen LogP contribution >= 0.6 is 0 Å². The molecule has 0 saturated carbocycles. The van der Waals surface area contributed by atoms with Crippen molar-refractivity contribution in [2.24, 2.45) is 0 Å². The van der Waals surface area contributed by atoms with E-state index in [1.807, 2.05) is 56.0 Å². The number of nitrogens with zero attached hydrogens (tertiary/aromatic N) is 1. The number of amides is 1. The van der Waals surface area contributed by atoms with Crippen LogP contribution in [0.1, 0.15) is 31.1 Å². The fourth-order valence-electron chi connectivity index (χ4n) is 1.78. The summed E-state index contributed by atoms with van der Waals surface area (Å²) in [5.41, 5.74) is 0.469. The van der Waals surface area contributed by atoms with E-state index in [-0.39, 0.29) is 11.5 Å². The molecule has 0 unspecified atom stereocenters. The van der Waals surface area contributed by atoms with Gasteiger partial charge in [-0.05, 0) is 32.9 Å². The molecular weight excluding hydrogens is 268 g/mol. The molecule has 1 fully saturated rings. The van der Waals surface area contributed by atoms with Gasteiger partial charge in [0, 0.05) is 31.7 Å². The van der Waals surface area contributed by atoms with Crippen LogP contribution in [0.4, 0.5) is 0 Å². The highest BCUT2D eigenvalue weighted by molar-refractivity contribution is 5.94. The minimum Gasteiger partial charge on any atom is -0.462 e. The lowest BCUT2D eigenvalue weighted by Gasteiger charge is -2.27. The van der Waals surface area contributed by atoms with E-state index in [2.05, 4.69) is 10.1 Å². The van der Waals surface area contributed by atoms with Crippen molar-refractivity contribution in [1.29, 1.82) is 0 Å². The van der Waals surface area contributed by atoms with E-state index in [1.54, 1.807) is 0 Å². The molecule has 1 saturated heterocycles. The zero-order chi connectivity index (χ0) is 15.7. The van der Waals surface area contributed by atoms with Crippen LogP contribution in [0.15, 0.2) is 30.3 Å². The lowest BCUT2D eigenvalue weighted by Crippen LogP contribution is -2.46. The number of nitrogens with one attached hydrogen (secondary N) is 1. The number of rotatable bonds is 2. The molecule has 1 aromatic carbocycles. The Morgan fingerprint density at radius 2 is 1.76 bits per heavy atom. The smallest absolute Gasteiger partial charge is 0.293 e. The first kappa shape index (κ1) is 17.2. The van der Waals surface area contributed by atoms with E-state index in [1.165, 1.54) is 0 Å². The van der Waals surface area contributed by atoms with Gasteiger partial charge >= 0.3 is 0 Å². The van der Waals surface area contributed by atoms with Crippen molar-refractivity contribution in [3.63, 3.8) is 0 Å². The van der Waals surface area contributed by atoms with Gasteiger partial charge in [-0.2, -0.15) is 0 Å². The molecule has 5 heteroatoms. The molecule has 0 atom stereocenters. The summed E-state index contributed by atoms with van der Waals surface area (Å²) in [7, 11) is 0. The predicted octanol–water partition coefficient (Wildman–Crippen LogP) is 1.69. The minimum atomic E-state index is -0.318. The van der Waals surface area contributed by atoms with Gasteiger partial charge in [0.1, 0.15) is 5.60 Å². The summed E-state index contributed by atoms with van der Waals surface area (Å²) in [6.07, 6.45) is 0. The van der Waals surface area contributed by atoms with Crippen LogP contribution < -0.4 is 5.32 Å². The standard InChI is InChI=1S/C11H14N2O.C5H10O2/c14-11(10-4-2-1-3-5-10)13-8-6-12-7-9-13;1-5(2,3)7-4-6/h1-5,12H,6-9H2;4H,1-3H3. The second-order valence-corrected chi connectivity index (χ2v) is 5.73. The average Bonchev–Trinajstić information content (AvgIpc) is 2.48. The molecule has 1 aliphatic rings. The molecule has 0 spiro atoms. The Morgan fingerprint density at radius 3 is 2.19 bits per heavy atom. The Morgan fingerprint density at radius 1 is 1.19 bits per heavy atom. The van der Waals surface area contributed by atoms with Crippen molar-refractivity contribution in [3.05, 3.63) is 35.9 Å². The fraction of sp³-hybridized carbons (Fsp3) is 0.500. The van der Waals surface area contributed by atoms with E-state index < -0.39 is 0 Å². The van der Waals surface area contributed by atoms with Gasteiger partial charge in [-0.1, -0.05) is 18.2 Å². The number of carbonyl (C=O) groups excluding carboxylic acids is 2. The average molecular weight is 292 g/mol. The first-order chi connectivity index (χ1) is 9.94. The first-order valence-corrected chi connectivity index (χ1v) is 7.10. The van der Waals surface area contributed by atoms with E-state index in [9.17, 15) is 9.59 Å².